The van der Waals surface area contributed by atoms with Crippen LogP contribution in [0.25, 0.3) is 77.5 Å². The fourth-order valence-corrected chi connectivity index (χ4v) is 5.90. The molecular weight excluding hydrogens is 498 g/mol. The Balaban J connectivity index is 1.42. The smallest absolute Gasteiger partial charge is 0.136 e. The van der Waals surface area contributed by atoms with Gasteiger partial charge in [0.1, 0.15) is 11.2 Å². The summed E-state index contributed by atoms with van der Waals surface area (Å²) in [6.45, 7) is 0. The lowest BCUT2D eigenvalue weighted by Crippen LogP contribution is -1.91. The van der Waals surface area contributed by atoms with Gasteiger partial charge in [-0.2, -0.15) is 0 Å². The first-order valence-electron chi connectivity index (χ1n) is 13.9. The van der Waals surface area contributed by atoms with Crippen LogP contribution in [-0.4, -0.2) is 4.98 Å². The van der Waals surface area contributed by atoms with Crippen molar-refractivity contribution in [1.82, 2.24) is 4.98 Å². The van der Waals surface area contributed by atoms with Crippen LogP contribution in [0, 0.1) is 0 Å². The zero-order valence-corrected chi connectivity index (χ0v) is 22.3. The molecule has 41 heavy (non-hydrogen) atoms. The van der Waals surface area contributed by atoms with Crippen LogP contribution in [0.1, 0.15) is 0 Å². The highest BCUT2D eigenvalue weighted by atomic mass is 16.3. The van der Waals surface area contributed by atoms with E-state index in [1.54, 1.807) is 0 Å². The molecule has 0 atom stereocenters. The van der Waals surface area contributed by atoms with E-state index in [1.165, 1.54) is 22.3 Å². The van der Waals surface area contributed by atoms with Crippen molar-refractivity contribution in [2.75, 3.05) is 0 Å². The summed E-state index contributed by atoms with van der Waals surface area (Å²) in [6, 6.07) is 53.1. The Hall–Kier alpha value is -5.47. The van der Waals surface area contributed by atoms with E-state index in [0.29, 0.717) is 0 Å². The van der Waals surface area contributed by atoms with Crippen molar-refractivity contribution < 1.29 is 4.42 Å². The first-order chi connectivity index (χ1) is 20.3. The van der Waals surface area contributed by atoms with E-state index >= 15 is 0 Å². The third-order valence-corrected chi connectivity index (χ3v) is 7.86. The summed E-state index contributed by atoms with van der Waals surface area (Å²) in [5.74, 6) is 0. The average Bonchev–Trinajstić information content (AvgIpc) is 3.43. The number of benzene rings is 6. The lowest BCUT2D eigenvalue weighted by atomic mass is 9.93. The number of aromatic nitrogens is 1. The number of hydrogen-bond donors (Lipinski definition) is 0. The fraction of sp³-hybridized carbons (Fsp3) is 0. The first kappa shape index (κ1) is 23.4. The highest BCUT2D eigenvalue weighted by molar-refractivity contribution is 6.14. The van der Waals surface area contributed by atoms with E-state index in [1.807, 2.05) is 12.1 Å². The highest BCUT2D eigenvalue weighted by Gasteiger charge is 2.18. The minimum absolute atomic E-state index is 0.861. The molecule has 2 heteroatoms. The molecule has 2 heterocycles. The number of pyridine rings is 1. The highest BCUT2D eigenvalue weighted by Crippen LogP contribution is 2.42. The molecule has 0 saturated carbocycles. The molecule has 2 aromatic heterocycles. The topological polar surface area (TPSA) is 26.0 Å². The third-order valence-electron chi connectivity index (χ3n) is 7.86. The molecule has 0 aliphatic carbocycles. The summed E-state index contributed by atoms with van der Waals surface area (Å²) in [4.78, 5) is 5.23. The predicted molar refractivity (Wildman–Crippen MR) is 171 cm³/mol. The molecule has 0 saturated heterocycles. The summed E-state index contributed by atoms with van der Waals surface area (Å²) in [7, 11) is 0. The van der Waals surface area contributed by atoms with Crippen molar-refractivity contribution in [3.05, 3.63) is 152 Å². The molecule has 8 aromatic rings. The Labute approximate surface area is 238 Å². The molecule has 0 spiro atoms. The molecule has 8 rings (SSSR count). The minimum Gasteiger partial charge on any atom is -0.456 e. The van der Waals surface area contributed by atoms with Crippen LogP contribution in [0.3, 0.4) is 0 Å². The molecule has 0 N–H and O–H groups in total. The van der Waals surface area contributed by atoms with E-state index in [0.717, 1.165) is 55.2 Å². The van der Waals surface area contributed by atoms with Gasteiger partial charge in [-0.05, 0) is 69.8 Å². The van der Waals surface area contributed by atoms with Crippen LogP contribution in [0.4, 0.5) is 0 Å². The van der Waals surface area contributed by atoms with Crippen LogP contribution < -0.4 is 0 Å². The van der Waals surface area contributed by atoms with Gasteiger partial charge in [-0.3, -0.25) is 0 Å². The molecule has 0 bridgehead atoms. The molecule has 0 unspecified atom stereocenters. The van der Waals surface area contributed by atoms with Gasteiger partial charge in [0.25, 0.3) is 0 Å². The lowest BCUT2D eigenvalue weighted by Gasteiger charge is -2.13. The molecule has 0 radical (unpaired) electrons. The van der Waals surface area contributed by atoms with Crippen molar-refractivity contribution in [3.8, 4) is 44.6 Å². The molecule has 2 nitrogen and oxygen atoms in total. The summed E-state index contributed by atoms with van der Waals surface area (Å²) in [5, 5.41) is 3.33. The van der Waals surface area contributed by atoms with Crippen molar-refractivity contribution in [2.24, 2.45) is 0 Å². The number of furan rings is 1. The average molecular weight is 524 g/mol. The normalized spacial score (nSPS) is 11.4. The van der Waals surface area contributed by atoms with Crippen LogP contribution in [0.15, 0.2) is 156 Å². The second-order valence-corrected chi connectivity index (χ2v) is 10.4. The van der Waals surface area contributed by atoms with Crippen LogP contribution in [0.2, 0.25) is 0 Å². The van der Waals surface area contributed by atoms with Crippen molar-refractivity contribution >= 4 is 32.8 Å². The maximum Gasteiger partial charge on any atom is 0.136 e. The second kappa shape index (κ2) is 9.62. The van der Waals surface area contributed by atoms with Gasteiger partial charge < -0.3 is 4.42 Å². The summed E-state index contributed by atoms with van der Waals surface area (Å²) in [6.07, 6.45) is 0. The van der Waals surface area contributed by atoms with E-state index in [9.17, 15) is 0 Å². The molecule has 0 aliphatic heterocycles. The Morgan fingerprint density at radius 2 is 1.02 bits per heavy atom. The van der Waals surface area contributed by atoms with Crippen LogP contribution in [0.5, 0.6) is 0 Å². The van der Waals surface area contributed by atoms with Crippen molar-refractivity contribution in [3.63, 3.8) is 0 Å². The fourth-order valence-electron chi connectivity index (χ4n) is 5.90. The summed E-state index contributed by atoms with van der Waals surface area (Å²) in [5.41, 5.74) is 11.7. The number of para-hydroxylation sites is 2. The van der Waals surface area contributed by atoms with Crippen LogP contribution in [-0.2, 0) is 0 Å². The van der Waals surface area contributed by atoms with Crippen molar-refractivity contribution in [1.29, 1.82) is 0 Å². The molecular formula is C39H25NO. The number of nitrogens with zero attached hydrogens (tertiary/aromatic N) is 1. The largest absolute Gasteiger partial charge is 0.456 e. The van der Waals surface area contributed by atoms with Gasteiger partial charge in [0.15, 0.2) is 0 Å². The zero-order valence-electron chi connectivity index (χ0n) is 22.3. The van der Waals surface area contributed by atoms with Crippen molar-refractivity contribution in [2.45, 2.75) is 0 Å². The summed E-state index contributed by atoms with van der Waals surface area (Å²) < 4.78 is 6.47. The number of hydrogen-bond acceptors (Lipinski definition) is 2. The van der Waals surface area contributed by atoms with E-state index in [4.69, 9.17) is 9.40 Å². The molecule has 0 aliphatic rings. The Morgan fingerprint density at radius 1 is 0.390 bits per heavy atom. The lowest BCUT2D eigenvalue weighted by molar-refractivity contribution is 0.669. The Kier molecular flexibility index (Phi) is 5.49. The molecule has 0 fully saturated rings. The quantitative estimate of drug-likeness (QED) is 0.229. The third kappa shape index (κ3) is 4.09. The SMILES string of the molecule is c1ccc(-c2cccc(-c3cc(-c4cc(-c5ccccc5)c5ccccc5n4)c4c(c3)oc3ccccc34)c2)cc1. The van der Waals surface area contributed by atoms with E-state index in [2.05, 4.69) is 140 Å². The van der Waals surface area contributed by atoms with Gasteiger partial charge in [0.05, 0.1) is 11.2 Å². The second-order valence-electron chi connectivity index (χ2n) is 10.4. The van der Waals surface area contributed by atoms with Crippen LogP contribution >= 0.6 is 0 Å². The van der Waals surface area contributed by atoms with Gasteiger partial charge in [-0.1, -0.05) is 115 Å². The maximum absolute atomic E-state index is 6.47. The maximum atomic E-state index is 6.47. The zero-order chi connectivity index (χ0) is 27.2. The monoisotopic (exact) mass is 523 g/mol. The Bertz CT molecular complexity index is 2190. The van der Waals surface area contributed by atoms with Gasteiger partial charge in [0.2, 0.25) is 0 Å². The molecule has 6 aromatic carbocycles. The minimum atomic E-state index is 0.861. The predicted octanol–water partition coefficient (Wildman–Crippen LogP) is 10.8. The molecule has 0 amide bonds. The first-order valence-corrected chi connectivity index (χ1v) is 13.9. The number of fused-ring (bicyclic) bond motifs is 4. The van der Waals surface area contributed by atoms with Gasteiger partial charge in [-0.25, -0.2) is 4.98 Å². The van der Waals surface area contributed by atoms with E-state index in [-0.39, 0.29) is 0 Å². The van der Waals surface area contributed by atoms with Gasteiger partial charge in [0, 0.05) is 21.7 Å². The standard InChI is InChI=1S/C39H25NO/c1-3-12-26(13-4-1)28-16-11-17-29(22-28)30-23-34(39-32-19-8-10-21-37(32)41-38(39)24-30)36-25-33(27-14-5-2-6-15-27)31-18-7-9-20-35(31)40-36/h1-25H. The van der Waals surface area contributed by atoms with Gasteiger partial charge >= 0.3 is 0 Å². The van der Waals surface area contributed by atoms with Gasteiger partial charge in [-0.15, -0.1) is 0 Å². The summed E-state index contributed by atoms with van der Waals surface area (Å²) >= 11 is 0. The molecule has 192 valence electrons. The Morgan fingerprint density at radius 3 is 1.83 bits per heavy atom. The number of rotatable bonds is 4. The van der Waals surface area contributed by atoms with E-state index < -0.39 is 0 Å².